The Labute approximate surface area is 131 Å². The minimum atomic E-state index is -0.113. The molecular formula is C15H15BrN2OS. The number of nitrogens with one attached hydrogen (secondary N) is 1. The van der Waals surface area contributed by atoms with E-state index in [1.54, 1.807) is 30.0 Å². The summed E-state index contributed by atoms with van der Waals surface area (Å²) >= 11 is 5.07. The Morgan fingerprint density at radius 2 is 1.95 bits per heavy atom. The van der Waals surface area contributed by atoms with Gasteiger partial charge in [-0.05, 0) is 46.3 Å². The van der Waals surface area contributed by atoms with Gasteiger partial charge in [0.1, 0.15) is 0 Å². The van der Waals surface area contributed by atoms with Gasteiger partial charge in [-0.3, -0.25) is 4.79 Å². The lowest BCUT2D eigenvalue weighted by molar-refractivity contribution is 0.0955. The summed E-state index contributed by atoms with van der Waals surface area (Å²) in [6.07, 6.45) is 0. The van der Waals surface area contributed by atoms with E-state index in [9.17, 15) is 4.79 Å². The van der Waals surface area contributed by atoms with E-state index in [2.05, 4.69) is 33.4 Å². The number of rotatable bonds is 5. The molecule has 0 saturated carbocycles. The molecule has 0 aliphatic rings. The first-order chi connectivity index (χ1) is 9.66. The maximum atomic E-state index is 12.0. The fraction of sp³-hybridized carbons (Fsp3) is 0.133. The number of anilines is 1. The lowest BCUT2D eigenvalue weighted by Crippen LogP contribution is -2.26. The van der Waals surface area contributed by atoms with E-state index in [-0.39, 0.29) is 5.91 Å². The van der Waals surface area contributed by atoms with Crippen molar-refractivity contribution in [3.8, 4) is 0 Å². The summed E-state index contributed by atoms with van der Waals surface area (Å²) in [7, 11) is 0. The van der Waals surface area contributed by atoms with Crippen LogP contribution in [0.25, 0.3) is 0 Å². The average molecular weight is 351 g/mol. The normalized spacial score (nSPS) is 10.2. The third kappa shape index (κ3) is 4.28. The molecule has 0 spiro atoms. The van der Waals surface area contributed by atoms with Gasteiger partial charge in [0.05, 0.1) is 5.56 Å². The van der Waals surface area contributed by atoms with Gasteiger partial charge in [0.15, 0.2) is 0 Å². The highest BCUT2D eigenvalue weighted by molar-refractivity contribution is 9.10. The van der Waals surface area contributed by atoms with E-state index < -0.39 is 0 Å². The van der Waals surface area contributed by atoms with Crippen LogP contribution in [0.3, 0.4) is 0 Å². The molecule has 5 heteroatoms. The molecule has 2 aromatic rings. The molecule has 0 unspecified atom stereocenters. The van der Waals surface area contributed by atoms with E-state index in [0.717, 1.165) is 10.2 Å². The number of nitrogen functional groups attached to an aromatic ring is 1. The number of carbonyl (C=O) groups excluding carboxylic acids is 1. The smallest absolute Gasteiger partial charge is 0.252 e. The zero-order valence-corrected chi connectivity index (χ0v) is 13.2. The second kappa shape index (κ2) is 7.36. The van der Waals surface area contributed by atoms with Crippen LogP contribution in [0.5, 0.6) is 0 Å². The number of thioether (sulfide) groups is 1. The Morgan fingerprint density at radius 1 is 1.20 bits per heavy atom. The molecule has 0 aromatic heterocycles. The van der Waals surface area contributed by atoms with Crippen LogP contribution in [0.15, 0.2) is 57.9 Å². The summed E-state index contributed by atoms with van der Waals surface area (Å²) in [4.78, 5) is 13.2. The zero-order chi connectivity index (χ0) is 14.4. The van der Waals surface area contributed by atoms with Crippen LogP contribution in [0, 0.1) is 0 Å². The minimum Gasteiger partial charge on any atom is -0.399 e. The molecule has 20 heavy (non-hydrogen) atoms. The third-order valence-corrected chi connectivity index (χ3v) is 4.34. The van der Waals surface area contributed by atoms with Crippen LogP contribution in [0.1, 0.15) is 10.4 Å². The van der Waals surface area contributed by atoms with Gasteiger partial charge in [0.2, 0.25) is 0 Å². The second-order valence-electron chi connectivity index (χ2n) is 4.16. The van der Waals surface area contributed by atoms with Crippen molar-refractivity contribution in [2.24, 2.45) is 0 Å². The number of hydrogen-bond donors (Lipinski definition) is 2. The van der Waals surface area contributed by atoms with Crippen LogP contribution in [-0.2, 0) is 0 Å². The van der Waals surface area contributed by atoms with E-state index >= 15 is 0 Å². The molecule has 2 aromatic carbocycles. The van der Waals surface area contributed by atoms with Gasteiger partial charge in [-0.2, -0.15) is 0 Å². The number of benzene rings is 2. The van der Waals surface area contributed by atoms with E-state index in [4.69, 9.17) is 5.73 Å². The van der Waals surface area contributed by atoms with Gasteiger partial charge >= 0.3 is 0 Å². The van der Waals surface area contributed by atoms with Crippen molar-refractivity contribution in [3.63, 3.8) is 0 Å². The van der Waals surface area contributed by atoms with Gasteiger partial charge < -0.3 is 11.1 Å². The lowest BCUT2D eigenvalue weighted by atomic mass is 10.2. The second-order valence-corrected chi connectivity index (χ2v) is 6.18. The fourth-order valence-corrected chi connectivity index (χ4v) is 2.88. The van der Waals surface area contributed by atoms with Crippen molar-refractivity contribution in [1.29, 1.82) is 0 Å². The summed E-state index contributed by atoms with van der Waals surface area (Å²) < 4.78 is 0.750. The van der Waals surface area contributed by atoms with Gasteiger partial charge in [-0.15, -0.1) is 11.8 Å². The highest BCUT2D eigenvalue weighted by Gasteiger charge is 2.09. The molecule has 0 bridgehead atoms. The monoisotopic (exact) mass is 350 g/mol. The molecule has 3 nitrogen and oxygen atoms in total. The van der Waals surface area contributed by atoms with Crippen molar-refractivity contribution >= 4 is 39.3 Å². The molecule has 1 amide bonds. The number of amides is 1. The maximum Gasteiger partial charge on any atom is 0.252 e. The average Bonchev–Trinajstić information content (AvgIpc) is 2.47. The number of halogens is 1. The first-order valence-corrected chi connectivity index (χ1v) is 7.96. The first kappa shape index (κ1) is 14.9. The van der Waals surface area contributed by atoms with Crippen molar-refractivity contribution < 1.29 is 4.79 Å². The zero-order valence-electron chi connectivity index (χ0n) is 10.8. The quantitative estimate of drug-likeness (QED) is 0.492. The predicted octanol–water partition coefficient (Wildman–Crippen LogP) is 3.55. The molecular weight excluding hydrogens is 336 g/mol. The molecule has 0 radical (unpaired) electrons. The number of hydrogen-bond acceptors (Lipinski definition) is 3. The van der Waals surface area contributed by atoms with E-state index in [1.165, 1.54) is 4.90 Å². The van der Waals surface area contributed by atoms with Crippen molar-refractivity contribution in [2.45, 2.75) is 4.90 Å². The summed E-state index contributed by atoms with van der Waals surface area (Å²) in [5.41, 5.74) is 6.84. The number of carbonyl (C=O) groups is 1. The van der Waals surface area contributed by atoms with Crippen molar-refractivity contribution in [2.75, 3.05) is 18.0 Å². The molecule has 0 heterocycles. The van der Waals surface area contributed by atoms with E-state index in [0.29, 0.717) is 17.8 Å². The van der Waals surface area contributed by atoms with Crippen molar-refractivity contribution in [3.05, 3.63) is 58.6 Å². The number of nitrogens with two attached hydrogens (primary N) is 1. The van der Waals surface area contributed by atoms with Gasteiger partial charge in [-0.25, -0.2) is 0 Å². The van der Waals surface area contributed by atoms with Gasteiger partial charge in [-0.1, -0.05) is 18.2 Å². The predicted molar refractivity (Wildman–Crippen MR) is 88.1 cm³/mol. The standard InChI is InChI=1S/C15H15BrN2OS/c16-14-7-6-11(17)10-13(14)15(19)18-8-9-20-12-4-2-1-3-5-12/h1-7,10H,8-9,17H2,(H,18,19). The van der Waals surface area contributed by atoms with Gasteiger partial charge in [0.25, 0.3) is 5.91 Å². The van der Waals surface area contributed by atoms with Crippen LogP contribution in [-0.4, -0.2) is 18.2 Å². The Morgan fingerprint density at radius 3 is 2.70 bits per heavy atom. The maximum absolute atomic E-state index is 12.0. The Kier molecular flexibility index (Phi) is 5.49. The Hall–Kier alpha value is -1.46. The topological polar surface area (TPSA) is 55.1 Å². The molecule has 104 valence electrons. The summed E-state index contributed by atoms with van der Waals surface area (Å²) in [6, 6.07) is 15.3. The first-order valence-electron chi connectivity index (χ1n) is 6.18. The fourth-order valence-electron chi connectivity index (χ4n) is 1.66. The highest BCUT2D eigenvalue weighted by atomic mass is 79.9. The molecule has 0 aliphatic carbocycles. The molecule has 3 N–H and O–H groups in total. The molecule has 0 saturated heterocycles. The van der Waals surface area contributed by atoms with E-state index in [1.807, 2.05) is 18.2 Å². The summed E-state index contributed by atoms with van der Waals surface area (Å²) in [5, 5.41) is 2.89. The highest BCUT2D eigenvalue weighted by Crippen LogP contribution is 2.19. The summed E-state index contributed by atoms with van der Waals surface area (Å²) in [5.74, 6) is 0.716. The molecule has 2 rings (SSSR count). The van der Waals surface area contributed by atoms with Crippen molar-refractivity contribution in [1.82, 2.24) is 5.32 Å². The third-order valence-electron chi connectivity index (χ3n) is 2.63. The van der Waals surface area contributed by atoms with Gasteiger partial charge in [0, 0.05) is 27.4 Å². The molecule has 0 fully saturated rings. The van der Waals surface area contributed by atoms with Crippen LogP contribution >= 0.6 is 27.7 Å². The molecule has 0 aliphatic heterocycles. The SMILES string of the molecule is Nc1ccc(Br)c(C(=O)NCCSc2ccccc2)c1. The van der Waals surface area contributed by atoms with Crippen LogP contribution in [0.4, 0.5) is 5.69 Å². The summed E-state index contributed by atoms with van der Waals surface area (Å²) in [6.45, 7) is 0.611. The largest absolute Gasteiger partial charge is 0.399 e. The minimum absolute atomic E-state index is 0.113. The Bertz CT molecular complexity index is 590. The lowest BCUT2D eigenvalue weighted by Gasteiger charge is -2.07. The molecule has 0 atom stereocenters. The van der Waals surface area contributed by atoms with Crippen LogP contribution in [0.2, 0.25) is 0 Å². The Balaban J connectivity index is 1.82. The van der Waals surface area contributed by atoms with Crippen LogP contribution < -0.4 is 11.1 Å².